The molecule has 1 aromatic carbocycles. The molecule has 0 atom stereocenters. The van der Waals surface area contributed by atoms with Crippen LogP contribution in [0, 0.1) is 16.0 Å². The van der Waals surface area contributed by atoms with E-state index in [2.05, 4.69) is 5.32 Å². The Morgan fingerprint density at radius 2 is 2.05 bits per heavy atom. The summed E-state index contributed by atoms with van der Waals surface area (Å²) < 4.78 is 0. The van der Waals surface area contributed by atoms with E-state index in [1.54, 1.807) is 0 Å². The molecule has 1 saturated carbocycles. The van der Waals surface area contributed by atoms with Crippen molar-refractivity contribution in [3.05, 3.63) is 38.9 Å². The average molecular weight is 311 g/mol. The zero-order valence-corrected chi connectivity index (χ0v) is 12.6. The van der Waals surface area contributed by atoms with Crippen LogP contribution in [0.3, 0.4) is 0 Å². The highest BCUT2D eigenvalue weighted by Crippen LogP contribution is 2.26. The first kappa shape index (κ1) is 15.8. The molecule has 5 nitrogen and oxygen atoms in total. The van der Waals surface area contributed by atoms with Crippen LogP contribution in [-0.4, -0.2) is 17.4 Å². The van der Waals surface area contributed by atoms with Crippen molar-refractivity contribution in [2.75, 3.05) is 6.54 Å². The van der Waals surface area contributed by atoms with Crippen LogP contribution in [0.4, 0.5) is 5.69 Å². The first-order valence-electron chi connectivity index (χ1n) is 7.30. The van der Waals surface area contributed by atoms with Crippen molar-refractivity contribution in [3.8, 4) is 0 Å². The average Bonchev–Trinajstić information content (AvgIpc) is 2.48. The Morgan fingerprint density at radius 3 is 2.71 bits per heavy atom. The summed E-state index contributed by atoms with van der Waals surface area (Å²) in [6.07, 6.45) is 7.33. The number of nitro groups is 1. The number of nitrogens with one attached hydrogen (secondary N) is 1. The minimum Gasteiger partial charge on any atom is -0.352 e. The summed E-state index contributed by atoms with van der Waals surface area (Å²) in [6.45, 7) is 0.611. The number of hydrogen-bond acceptors (Lipinski definition) is 3. The van der Waals surface area contributed by atoms with E-state index in [1.807, 2.05) is 0 Å². The van der Waals surface area contributed by atoms with Gasteiger partial charge in [0.15, 0.2) is 0 Å². The maximum Gasteiger partial charge on any atom is 0.288 e. The van der Waals surface area contributed by atoms with Gasteiger partial charge in [0.05, 0.1) is 4.92 Å². The molecule has 1 fully saturated rings. The number of hydrogen-bond donors (Lipinski definition) is 1. The minimum absolute atomic E-state index is 0.0405. The molecule has 1 aliphatic rings. The van der Waals surface area contributed by atoms with Crippen LogP contribution < -0.4 is 5.32 Å². The third-order valence-electron chi connectivity index (χ3n) is 3.97. The molecule has 0 unspecified atom stereocenters. The number of nitro benzene ring substituents is 1. The summed E-state index contributed by atoms with van der Waals surface area (Å²) in [7, 11) is 0. The smallest absolute Gasteiger partial charge is 0.288 e. The molecule has 0 bridgehead atoms. The van der Waals surface area contributed by atoms with E-state index >= 15 is 0 Å². The fourth-order valence-electron chi connectivity index (χ4n) is 2.76. The van der Waals surface area contributed by atoms with E-state index in [9.17, 15) is 14.9 Å². The Kier molecular flexibility index (Phi) is 5.56. The van der Waals surface area contributed by atoms with Crippen LogP contribution in [0.25, 0.3) is 0 Å². The van der Waals surface area contributed by atoms with Crippen LogP contribution in [0.5, 0.6) is 0 Å². The fraction of sp³-hybridized carbons (Fsp3) is 0.533. The second kappa shape index (κ2) is 7.41. The lowest BCUT2D eigenvalue weighted by molar-refractivity contribution is -0.384. The monoisotopic (exact) mass is 310 g/mol. The zero-order chi connectivity index (χ0) is 15.2. The number of nitrogens with zero attached hydrogens (tertiary/aromatic N) is 1. The van der Waals surface area contributed by atoms with Gasteiger partial charge in [-0.05, 0) is 24.5 Å². The normalized spacial score (nSPS) is 15.7. The Bertz CT molecular complexity index is 528. The highest BCUT2D eigenvalue weighted by atomic mass is 35.5. The van der Waals surface area contributed by atoms with Gasteiger partial charge >= 0.3 is 0 Å². The van der Waals surface area contributed by atoms with E-state index in [0.29, 0.717) is 12.5 Å². The van der Waals surface area contributed by atoms with Gasteiger partial charge in [0.1, 0.15) is 5.02 Å². The lowest BCUT2D eigenvalue weighted by Gasteiger charge is -2.21. The second-order valence-electron chi connectivity index (χ2n) is 5.47. The summed E-state index contributed by atoms with van der Waals surface area (Å²) in [5.74, 6) is 0.407. The van der Waals surface area contributed by atoms with Crippen molar-refractivity contribution in [1.82, 2.24) is 5.32 Å². The lowest BCUT2D eigenvalue weighted by Crippen LogP contribution is -2.26. The summed E-state index contributed by atoms with van der Waals surface area (Å²) in [6, 6.07) is 4.11. The molecule has 114 valence electrons. The molecule has 0 heterocycles. The highest BCUT2D eigenvalue weighted by Gasteiger charge is 2.17. The molecular formula is C15H19ClN2O3. The number of amides is 1. The van der Waals surface area contributed by atoms with Crippen LogP contribution in [0.15, 0.2) is 18.2 Å². The van der Waals surface area contributed by atoms with Crippen molar-refractivity contribution >= 4 is 23.2 Å². The molecule has 21 heavy (non-hydrogen) atoms. The van der Waals surface area contributed by atoms with Crippen molar-refractivity contribution < 1.29 is 9.72 Å². The van der Waals surface area contributed by atoms with E-state index in [0.717, 1.165) is 6.42 Å². The largest absolute Gasteiger partial charge is 0.352 e. The molecule has 2 rings (SSSR count). The number of rotatable bonds is 5. The third kappa shape index (κ3) is 4.43. The van der Waals surface area contributed by atoms with Gasteiger partial charge in [-0.2, -0.15) is 0 Å². The zero-order valence-electron chi connectivity index (χ0n) is 11.8. The first-order chi connectivity index (χ1) is 10.1. The molecule has 0 saturated heterocycles. The van der Waals surface area contributed by atoms with E-state index < -0.39 is 4.92 Å². The van der Waals surface area contributed by atoms with Gasteiger partial charge in [-0.3, -0.25) is 14.9 Å². The van der Waals surface area contributed by atoms with Crippen molar-refractivity contribution in [2.45, 2.75) is 38.5 Å². The quantitative estimate of drug-likeness (QED) is 0.661. The number of halogens is 1. The summed E-state index contributed by atoms with van der Waals surface area (Å²) in [4.78, 5) is 22.2. The van der Waals surface area contributed by atoms with E-state index in [1.165, 1.54) is 50.3 Å². The molecule has 6 heteroatoms. The predicted molar refractivity (Wildman–Crippen MR) is 81.6 cm³/mol. The van der Waals surface area contributed by atoms with Gasteiger partial charge < -0.3 is 5.32 Å². The maximum atomic E-state index is 12.0. The molecule has 1 aromatic rings. The lowest BCUT2D eigenvalue weighted by atomic mass is 9.87. The van der Waals surface area contributed by atoms with Crippen LogP contribution in [-0.2, 0) is 0 Å². The molecule has 0 spiro atoms. The van der Waals surface area contributed by atoms with Gasteiger partial charge in [-0.15, -0.1) is 0 Å². The Morgan fingerprint density at radius 1 is 1.33 bits per heavy atom. The molecular weight excluding hydrogens is 292 g/mol. The molecule has 1 aliphatic carbocycles. The SMILES string of the molecule is O=C(NCCC1CCCCC1)c1ccc(Cl)c([N+](=O)[O-])c1. The van der Waals surface area contributed by atoms with Gasteiger partial charge in [-0.1, -0.05) is 43.7 Å². The number of carbonyl (C=O) groups is 1. The minimum atomic E-state index is -0.582. The third-order valence-corrected chi connectivity index (χ3v) is 4.29. The van der Waals surface area contributed by atoms with E-state index in [-0.39, 0.29) is 22.2 Å². The molecule has 0 aromatic heterocycles. The maximum absolute atomic E-state index is 12.0. The number of carbonyl (C=O) groups excluding carboxylic acids is 1. The van der Waals surface area contributed by atoms with Crippen LogP contribution >= 0.6 is 11.6 Å². The molecule has 1 amide bonds. The molecule has 1 N–H and O–H groups in total. The van der Waals surface area contributed by atoms with Crippen LogP contribution in [0.1, 0.15) is 48.9 Å². The van der Waals surface area contributed by atoms with Crippen molar-refractivity contribution in [2.24, 2.45) is 5.92 Å². The van der Waals surface area contributed by atoms with Crippen molar-refractivity contribution in [1.29, 1.82) is 0 Å². The van der Waals surface area contributed by atoms with Crippen LogP contribution in [0.2, 0.25) is 5.02 Å². The Balaban J connectivity index is 1.88. The summed E-state index contributed by atoms with van der Waals surface area (Å²) >= 11 is 5.73. The fourth-order valence-corrected chi connectivity index (χ4v) is 2.95. The second-order valence-corrected chi connectivity index (χ2v) is 5.88. The summed E-state index contributed by atoms with van der Waals surface area (Å²) in [5, 5.41) is 13.7. The Labute approximate surface area is 128 Å². The highest BCUT2D eigenvalue weighted by molar-refractivity contribution is 6.32. The topological polar surface area (TPSA) is 72.2 Å². The summed E-state index contributed by atoms with van der Waals surface area (Å²) in [5.41, 5.74) is 0.0336. The van der Waals surface area contributed by atoms with Gasteiger partial charge in [-0.25, -0.2) is 0 Å². The molecule has 0 aliphatic heterocycles. The standard InChI is InChI=1S/C15H19ClN2O3/c16-13-7-6-12(10-14(13)18(20)21)15(19)17-9-8-11-4-2-1-3-5-11/h6-7,10-11H,1-5,8-9H2,(H,17,19). The molecule has 0 radical (unpaired) electrons. The predicted octanol–water partition coefficient (Wildman–Crippen LogP) is 3.95. The van der Waals surface area contributed by atoms with Gasteiger partial charge in [0, 0.05) is 18.2 Å². The van der Waals surface area contributed by atoms with Crippen molar-refractivity contribution in [3.63, 3.8) is 0 Å². The van der Waals surface area contributed by atoms with Gasteiger partial charge in [0.2, 0.25) is 0 Å². The van der Waals surface area contributed by atoms with E-state index in [4.69, 9.17) is 11.6 Å². The first-order valence-corrected chi connectivity index (χ1v) is 7.68. The van der Waals surface area contributed by atoms with Gasteiger partial charge in [0.25, 0.3) is 11.6 Å². The number of benzene rings is 1. The Hall–Kier alpha value is -1.62.